The highest BCUT2D eigenvalue weighted by Crippen LogP contribution is 2.31. The highest BCUT2D eigenvalue weighted by molar-refractivity contribution is 5.96. The first-order valence-corrected chi connectivity index (χ1v) is 12.3. The zero-order valence-electron chi connectivity index (χ0n) is 22.0. The first-order chi connectivity index (χ1) is 17.4. The second-order valence-electron chi connectivity index (χ2n) is 9.18. The number of allylic oxidation sites excluding steroid dienone is 1. The Labute approximate surface area is 214 Å². The number of ether oxygens (including phenoxy) is 6. The van der Waals surface area contributed by atoms with Crippen molar-refractivity contribution in [2.45, 2.75) is 64.1 Å². The largest absolute Gasteiger partial charge is 0.497 e. The summed E-state index contributed by atoms with van der Waals surface area (Å²) in [7, 11) is 4.57. The Bertz CT molecular complexity index is 997. The molecule has 196 valence electrons. The maximum atomic E-state index is 12.2. The molecule has 2 aromatic carbocycles. The molecule has 36 heavy (non-hydrogen) atoms. The normalized spacial score (nSPS) is 18.9. The Morgan fingerprint density at radius 3 is 2.42 bits per heavy atom. The molecule has 7 heteroatoms. The molecule has 1 aliphatic rings. The highest BCUT2D eigenvalue weighted by atomic mass is 16.8. The molecular weight excluding hydrogens is 460 g/mol. The molecule has 0 saturated carbocycles. The summed E-state index contributed by atoms with van der Waals surface area (Å²) in [5.74, 6) is 0.309. The maximum Gasteiger partial charge on any atom is 0.342 e. The van der Waals surface area contributed by atoms with Crippen LogP contribution in [0.25, 0.3) is 6.08 Å². The van der Waals surface area contributed by atoms with Gasteiger partial charge < -0.3 is 28.4 Å². The van der Waals surface area contributed by atoms with Crippen LogP contribution in [-0.4, -0.2) is 51.9 Å². The van der Waals surface area contributed by atoms with Gasteiger partial charge in [-0.2, -0.15) is 0 Å². The summed E-state index contributed by atoms with van der Waals surface area (Å²) in [6.45, 7) is 4.88. The van der Waals surface area contributed by atoms with Crippen molar-refractivity contribution in [1.29, 1.82) is 0 Å². The average Bonchev–Trinajstić information content (AvgIpc) is 3.18. The number of carbonyl (C=O) groups excluding carboxylic acids is 1. The van der Waals surface area contributed by atoms with E-state index in [-0.39, 0.29) is 12.2 Å². The SMILES string of the molecule is COC(=O)c1c(/C=C/CCCC[C@@H]2OC(C)(C)O[C@H]2COCc2ccc(OC)cc2)cccc1OC. The summed E-state index contributed by atoms with van der Waals surface area (Å²) >= 11 is 0. The number of carbonyl (C=O) groups is 1. The first kappa shape index (κ1) is 27.7. The van der Waals surface area contributed by atoms with Gasteiger partial charge in [0.2, 0.25) is 0 Å². The van der Waals surface area contributed by atoms with Gasteiger partial charge in [0.25, 0.3) is 0 Å². The number of hydrogen-bond acceptors (Lipinski definition) is 7. The van der Waals surface area contributed by atoms with Gasteiger partial charge in [-0.05, 0) is 62.4 Å². The van der Waals surface area contributed by atoms with Crippen LogP contribution >= 0.6 is 0 Å². The zero-order valence-corrected chi connectivity index (χ0v) is 22.0. The van der Waals surface area contributed by atoms with Crippen LogP contribution in [0, 0.1) is 0 Å². The molecule has 0 N–H and O–H groups in total. The van der Waals surface area contributed by atoms with Gasteiger partial charge in [0.05, 0.1) is 40.6 Å². The quantitative estimate of drug-likeness (QED) is 0.255. The van der Waals surface area contributed by atoms with Crippen molar-refractivity contribution in [3.63, 3.8) is 0 Å². The fourth-order valence-electron chi connectivity index (χ4n) is 4.31. The molecule has 1 fully saturated rings. The summed E-state index contributed by atoms with van der Waals surface area (Å²) in [6, 6.07) is 13.4. The number of benzene rings is 2. The third-order valence-electron chi connectivity index (χ3n) is 6.07. The van der Waals surface area contributed by atoms with Gasteiger partial charge in [-0.1, -0.05) is 42.8 Å². The molecular formula is C29H38O7. The number of methoxy groups -OCH3 is 3. The Morgan fingerprint density at radius 2 is 1.72 bits per heavy atom. The lowest BCUT2D eigenvalue weighted by molar-refractivity contribution is -0.151. The van der Waals surface area contributed by atoms with Gasteiger partial charge in [-0.15, -0.1) is 0 Å². The lowest BCUT2D eigenvalue weighted by Crippen LogP contribution is -2.27. The fourth-order valence-corrected chi connectivity index (χ4v) is 4.31. The minimum absolute atomic E-state index is 0.0100. The highest BCUT2D eigenvalue weighted by Gasteiger charge is 2.40. The zero-order chi connectivity index (χ0) is 26.0. The summed E-state index contributed by atoms with van der Waals surface area (Å²) in [5.41, 5.74) is 2.31. The lowest BCUT2D eigenvalue weighted by Gasteiger charge is -2.17. The van der Waals surface area contributed by atoms with Crippen molar-refractivity contribution < 1.29 is 33.2 Å². The average molecular weight is 499 g/mol. The van der Waals surface area contributed by atoms with Crippen molar-refractivity contribution in [1.82, 2.24) is 0 Å². The Morgan fingerprint density at radius 1 is 0.972 bits per heavy atom. The minimum atomic E-state index is -0.616. The van der Waals surface area contributed by atoms with Crippen LogP contribution in [0.2, 0.25) is 0 Å². The molecule has 0 aliphatic carbocycles. The number of unbranched alkanes of at least 4 members (excludes halogenated alkanes) is 2. The summed E-state index contributed by atoms with van der Waals surface area (Å²) in [5, 5.41) is 0. The first-order valence-electron chi connectivity index (χ1n) is 12.3. The molecule has 3 rings (SSSR count). The molecule has 1 aliphatic heterocycles. The number of rotatable bonds is 13. The number of esters is 1. The van der Waals surface area contributed by atoms with E-state index in [1.807, 2.05) is 56.3 Å². The van der Waals surface area contributed by atoms with Gasteiger partial charge in [-0.25, -0.2) is 4.79 Å². The molecule has 0 bridgehead atoms. The van der Waals surface area contributed by atoms with E-state index in [0.29, 0.717) is 24.5 Å². The fraction of sp³-hybridized carbons (Fsp3) is 0.483. The molecule has 1 saturated heterocycles. The molecule has 0 spiro atoms. The molecule has 2 atom stereocenters. The topological polar surface area (TPSA) is 72.5 Å². The molecule has 7 nitrogen and oxygen atoms in total. The van der Waals surface area contributed by atoms with E-state index in [0.717, 1.165) is 42.6 Å². The molecule has 0 radical (unpaired) electrons. The van der Waals surface area contributed by atoms with Gasteiger partial charge in [0.1, 0.15) is 23.2 Å². The van der Waals surface area contributed by atoms with Gasteiger partial charge >= 0.3 is 5.97 Å². The standard InChI is InChI=1S/C29H38O7/c1-29(2)35-24(26(36-29)20-34-19-21-15-17-23(31-3)18-16-21)13-9-7-6-8-11-22-12-10-14-25(32-4)27(22)28(30)33-5/h8,10-12,14-18,24,26H,6-7,9,13,19-20H2,1-5H3/b11-8+/t24-,26-/m0/s1. The van der Waals surface area contributed by atoms with Crippen LogP contribution < -0.4 is 9.47 Å². The van der Waals surface area contributed by atoms with Crippen LogP contribution in [0.3, 0.4) is 0 Å². The van der Waals surface area contributed by atoms with Crippen LogP contribution in [-0.2, 0) is 25.6 Å². The van der Waals surface area contributed by atoms with Crippen LogP contribution in [0.4, 0.5) is 0 Å². The van der Waals surface area contributed by atoms with Crippen molar-refractivity contribution >= 4 is 12.0 Å². The predicted octanol–water partition coefficient (Wildman–Crippen LogP) is 5.80. The van der Waals surface area contributed by atoms with E-state index >= 15 is 0 Å². The van der Waals surface area contributed by atoms with E-state index in [9.17, 15) is 4.79 Å². The summed E-state index contributed by atoms with van der Waals surface area (Å²) in [6.07, 6.45) is 7.67. The molecule has 0 aromatic heterocycles. The van der Waals surface area contributed by atoms with Crippen molar-refractivity contribution in [3.05, 3.63) is 65.2 Å². The van der Waals surface area contributed by atoms with E-state index in [4.69, 9.17) is 28.4 Å². The smallest absolute Gasteiger partial charge is 0.342 e. The van der Waals surface area contributed by atoms with E-state index in [1.165, 1.54) is 7.11 Å². The van der Waals surface area contributed by atoms with E-state index in [1.54, 1.807) is 20.3 Å². The van der Waals surface area contributed by atoms with E-state index < -0.39 is 11.8 Å². The molecule has 2 aromatic rings. The third kappa shape index (κ3) is 7.82. The van der Waals surface area contributed by atoms with Crippen molar-refractivity contribution in [2.24, 2.45) is 0 Å². The summed E-state index contributed by atoms with van der Waals surface area (Å²) < 4.78 is 33.6. The lowest BCUT2D eigenvalue weighted by atomic mass is 10.0. The molecule has 0 amide bonds. The van der Waals surface area contributed by atoms with Crippen LogP contribution in [0.15, 0.2) is 48.5 Å². The van der Waals surface area contributed by atoms with Gasteiger partial charge in [0, 0.05) is 0 Å². The predicted molar refractivity (Wildman–Crippen MR) is 138 cm³/mol. The second kappa shape index (κ2) is 13.4. The van der Waals surface area contributed by atoms with E-state index in [2.05, 4.69) is 6.08 Å². The summed E-state index contributed by atoms with van der Waals surface area (Å²) in [4.78, 5) is 12.2. The van der Waals surface area contributed by atoms with Crippen LogP contribution in [0.5, 0.6) is 11.5 Å². The van der Waals surface area contributed by atoms with Crippen molar-refractivity contribution in [3.8, 4) is 11.5 Å². The van der Waals surface area contributed by atoms with Gasteiger partial charge in [0.15, 0.2) is 5.79 Å². The second-order valence-corrected chi connectivity index (χ2v) is 9.18. The van der Waals surface area contributed by atoms with Crippen LogP contribution in [0.1, 0.15) is 61.0 Å². The minimum Gasteiger partial charge on any atom is -0.497 e. The number of hydrogen-bond donors (Lipinski definition) is 0. The van der Waals surface area contributed by atoms with Crippen molar-refractivity contribution in [2.75, 3.05) is 27.9 Å². The Balaban J connectivity index is 1.45. The maximum absolute atomic E-state index is 12.2. The third-order valence-corrected chi connectivity index (χ3v) is 6.07. The Kier molecular flexibility index (Phi) is 10.3. The Hall–Kier alpha value is -2.87. The monoisotopic (exact) mass is 498 g/mol. The molecule has 1 heterocycles. The molecule has 0 unspecified atom stereocenters. The van der Waals surface area contributed by atoms with Gasteiger partial charge in [-0.3, -0.25) is 0 Å².